The quantitative estimate of drug-likeness (QED) is 0.903. The van der Waals surface area contributed by atoms with Crippen LogP contribution in [0.2, 0.25) is 0 Å². The van der Waals surface area contributed by atoms with Crippen molar-refractivity contribution in [2.75, 3.05) is 26.2 Å². The second-order valence-electron chi connectivity index (χ2n) is 6.00. The molecule has 2 aliphatic rings. The molecule has 0 aliphatic carbocycles. The number of rotatable bonds is 5. The molecule has 120 valence electrons. The van der Waals surface area contributed by atoms with Crippen molar-refractivity contribution in [3.05, 3.63) is 29.8 Å². The molecule has 22 heavy (non-hydrogen) atoms. The predicted octanol–water partition coefficient (Wildman–Crippen LogP) is 1.90. The summed E-state index contributed by atoms with van der Waals surface area (Å²) in [6.45, 7) is 0.937. The Morgan fingerprint density at radius 3 is 2.45 bits per heavy atom. The number of benzene rings is 1. The van der Waals surface area contributed by atoms with E-state index in [0.717, 1.165) is 31.7 Å². The number of aryl methyl sites for hydroxylation is 1. The maximum absolute atomic E-state index is 12.2. The molecular formula is C16H20F2N2O2. The van der Waals surface area contributed by atoms with Crippen LogP contribution in [-0.4, -0.2) is 43.6 Å². The van der Waals surface area contributed by atoms with Gasteiger partial charge >= 0.3 is 6.61 Å². The van der Waals surface area contributed by atoms with Crippen molar-refractivity contribution in [1.29, 1.82) is 0 Å². The summed E-state index contributed by atoms with van der Waals surface area (Å²) in [5.74, 6) is 1.54. The number of carbonyl (C=O) groups is 1. The topological polar surface area (TPSA) is 41.6 Å². The highest BCUT2D eigenvalue weighted by Crippen LogP contribution is 2.27. The molecule has 6 heteroatoms. The standard InChI is InChI=1S/C16H20F2N2O2/c17-16(18)22-14-4-1-11(2-5-14)3-6-15(21)20-9-12-7-19-8-13(12)10-20/h1-2,4-5,12-13,16,19H,3,6-10H2/t12-,13+. The molecule has 0 aromatic heterocycles. The summed E-state index contributed by atoms with van der Waals surface area (Å²) >= 11 is 0. The molecule has 1 amide bonds. The van der Waals surface area contributed by atoms with Gasteiger partial charge in [0.25, 0.3) is 0 Å². The molecule has 1 aromatic rings. The third-order valence-corrected chi connectivity index (χ3v) is 4.52. The molecule has 4 nitrogen and oxygen atoms in total. The molecule has 2 heterocycles. The number of amides is 1. The molecule has 2 fully saturated rings. The fourth-order valence-corrected chi connectivity index (χ4v) is 3.31. The molecule has 0 spiro atoms. The van der Waals surface area contributed by atoms with E-state index >= 15 is 0 Å². The lowest BCUT2D eigenvalue weighted by Gasteiger charge is -2.17. The van der Waals surface area contributed by atoms with Gasteiger partial charge in [0.2, 0.25) is 5.91 Å². The van der Waals surface area contributed by atoms with Gasteiger partial charge in [-0.3, -0.25) is 4.79 Å². The Kier molecular flexibility index (Phi) is 4.57. The number of carbonyl (C=O) groups excluding carboxylic acids is 1. The Labute approximate surface area is 128 Å². The first-order valence-corrected chi connectivity index (χ1v) is 7.64. The van der Waals surface area contributed by atoms with E-state index < -0.39 is 6.61 Å². The van der Waals surface area contributed by atoms with Gasteiger partial charge in [-0.15, -0.1) is 0 Å². The number of halogens is 2. The van der Waals surface area contributed by atoms with Crippen molar-refractivity contribution >= 4 is 5.91 Å². The fraction of sp³-hybridized carbons (Fsp3) is 0.562. The largest absolute Gasteiger partial charge is 0.435 e. The Bertz CT molecular complexity index is 509. The fourth-order valence-electron chi connectivity index (χ4n) is 3.31. The van der Waals surface area contributed by atoms with Crippen molar-refractivity contribution in [1.82, 2.24) is 10.2 Å². The Balaban J connectivity index is 1.47. The summed E-state index contributed by atoms with van der Waals surface area (Å²) in [6, 6.07) is 6.48. The highest BCUT2D eigenvalue weighted by Gasteiger charge is 2.37. The number of nitrogens with zero attached hydrogens (tertiary/aromatic N) is 1. The second-order valence-corrected chi connectivity index (χ2v) is 6.00. The second kappa shape index (κ2) is 6.60. The van der Waals surface area contributed by atoms with Crippen LogP contribution in [0.1, 0.15) is 12.0 Å². The number of hydrogen-bond acceptors (Lipinski definition) is 3. The van der Waals surface area contributed by atoms with Gasteiger partial charge in [0.1, 0.15) is 5.75 Å². The van der Waals surface area contributed by atoms with Crippen molar-refractivity contribution in [2.24, 2.45) is 11.8 Å². The average Bonchev–Trinajstić information content (AvgIpc) is 3.07. The van der Waals surface area contributed by atoms with Crippen molar-refractivity contribution in [3.63, 3.8) is 0 Å². The number of alkyl halides is 2. The summed E-state index contributed by atoms with van der Waals surface area (Å²) in [7, 11) is 0. The Hall–Kier alpha value is -1.69. The molecule has 0 saturated carbocycles. The van der Waals surface area contributed by atoms with E-state index in [2.05, 4.69) is 10.1 Å². The van der Waals surface area contributed by atoms with Crippen LogP contribution in [0, 0.1) is 11.8 Å². The maximum atomic E-state index is 12.2. The van der Waals surface area contributed by atoms with Crippen LogP contribution in [0.3, 0.4) is 0 Å². The van der Waals surface area contributed by atoms with Gasteiger partial charge in [-0.25, -0.2) is 0 Å². The van der Waals surface area contributed by atoms with Crippen molar-refractivity contribution in [2.45, 2.75) is 19.5 Å². The van der Waals surface area contributed by atoms with Gasteiger partial charge in [-0.1, -0.05) is 12.1 Å². The van der Waals surface area contributed by atoms with E-state index in [1.165, 1.54) is 12.1 Å². The molecular weight excluding hydrogens is 290 g/mol. The normalized spacial score (nSPS) is 23.9. The summed E-state index contributed by atoms with van der Waals surface area (Å²) in [4.78, 5) is 14.2. The third-order valence-electron chi connectivity index (χ3n) is 4.52. The first-order valence-electron chi connectivity index (χ1n) is 7.64. The number of fused-ring (bicyclic) bond motifs is 1. The Morgan fingerprint density at radius 2 is 1.86 bits per heavy atom. The Morgan fingerprint density at radius 1 is 1.23 bits per heavy atom. The molecule has 0 bridgehead atoms. The van der Waals surface area contributed by atoms with Gasteiger partial charge in [0, 0.05) is 32.6 Å². The van der Waals surface area contributed by atoms with Crippen molar-refractivity contribution < 1.29 is 18.3 Å². The number of likely N-dealkylation sites (tertiary alicyclic amines) is 1. The highest BCUT2D eigenvalue weighted by atomic mass is 19.3. The molecule has 1 N–H and O–H groups in total. The van der Waals surface area contributed by atoms with Gasteiger partial charge < -0.3 is 15.0 Å². The van der Waals surface area contributed by atoms with Crippen LogP contribution in [0.4, 0.5) is 8.78 Å². The monoisotopic (exact) mass is 310 g/mol. The van der Waals surface area contributed by atoms with Gasteiger partial charge in [-0.2, -0.15) is 8.78 Å². The van der Waals surface area contributed by atoms with Crippen LogP contribution in [0.5, 0.6) is 5.75 Å². The molecule has 2 atom stereocenters. The number of ether oxygens (including phenoxy) is 1. The molecule has 0 radical (unpaired) electrons. The smallest absolute Gasteiger partial charge is 0.387 e. The van der Waals surface area contributed by atoms with E-state index in [1.54, 1.807) is 12.1 Å². The van der Waals surface area contributed by atoms with E-state index in [1.807, 2.05) is 4.90 Å². The predicted molar refractivity (Wildman–Crippen MR) is 77.8 cm³/mol. The van der Waals surface area contributed by atoms with Crippen LogP contribution >= 0.6 is 0 Å². The first-order chi connectivity index (χ1) is 10.6. The van der Waals surface area contributed by atoms with Gasteiger partial charge in [-0.05, 0) is 36.0 Å². The SMILES string of the molecule is O=C(CCc1ccc(OC(F)F)cc1)N1C[C@H]2CNC[C@H]2C1. The molecule has 1 aromatic carbocycles. The van der Waals surface area contributed by atoms with Crippen LogP contribution in [0.15, 0.2) is 24.3 Å². The summed E-state index contributed by atoms with van der Waals surface area (Å²) in [5.41, 5.74) is 0.955. The summed E-state index contributed by atoms with van der Waals surface area (Å²) < 4.78 is 28.4. The minimum absolute atomic E-state index is 0.143. The van der Waals surface area contributed by atoms with Crippen molar-refractivity contribution in [3.8, 4) is 5.75 Å². The molecule has 2 saturated heterocycles. The number of hydrogen-bond donors (Lipinski definition) is 1. The van der Waals surface area contributed by atoms with E-state index in [4.69, 9.17) is 0 Å². The zero-order valence-electron chi connectivity index (χ0n) is 12.3. The number of nitrogens with one attached hydrogen (secondary N) is 1. The summed E-state index contributed by atoms with van der Waals surface area (Å²) in [5, 5.41) is 3.36. The maximum Gasteiger partial charge on any atom is 0.387 e. The van der Waals surface area contributed by atoms with E-state index in [9.17, 15) is 13.6 Å². The molecule has 0 unspecified atom stereocenters. The van der Waals surface area contributed by atoms with Crippen LogP contribution in [-0.2, 0) is 11.2 Å². The lowest BCUT2D eigenvalue weighted by Crippen LogP contribution is -2.31. The molecule has 3 rings (SSSR count). The zero-order chi connectivity index (χ0) is 15.5. The van der Waals surface area contributed by atoms with Crippen LogP contribution in [0.25, 0.3) is 0 Å². The average molecular weight is 310 g/mol. The lowest BCUT2D eigenvalue weighted by molar-refractivity contribution is -0.130. The minimum atomic E-state index is -2.81. The van der Waals surface area contributed by atoms with Gasteiger partial charge in [0.05, 0.1) is 0 Å². The zero-order valence-corrected chi connectivity index (χ0v) is 12.3. The van der Waals surface area contributed by atoms with Crippen LogP contribution < -0.4 is 10.1 Å². The summed E-state index contributed by atoms with van der Waals surface area (Å²) in [6.07, 6.45) is 1.08. The minimum Gasteiger partial charge on any atom is -0.435 e. The van der Waals surface area contributed by atoms with Gasteiger partial charge in [0.15, 0.2) is 0 Å². The lowest BCUT2D eigenvalue weighted by atomic mass is 10.0. The molecule has 2 aliphatic heterocycles. The first kappa shape index (κ1) is 15.2. The van der Waals surface area contributed by atoms with E-state index in [0.29, 0.717) is 24.7 Å². The highest BCUT2D eigenvalue weighted by molar-refractivity contribution is 5.76. The third kappa shape index (κ3) is 3.55. The van der Waals surface area contributed by atoms with E-state index in [-0.39, 0.29) is 11.7 Å².